The van der Waals surface area contributed by atoms with Crippen molar-refractivity contribution in [2.45, 2.75) is 39.0 Å². The summed E-state index contributed by atoms with van der Waals surface area (Å²) >= 11 is 0. The number of hydrogen-bond acceptors (Lipinski definition) is 4. The van der Waals surface area contributed by atoms with E-state index in [9.17, 15) is 4.79 Å². The van der Waals surface area contributed by atoms with Crippen molar-refractivity contribution in [3.8, 4) is 0 Å². The Bertz CT molecular complexity index is 569. The van der Waals surface area contributed by atoms with Crippen LogP contribution in [0.15, 0.2) is 35.4 Å². The number of carbonyl (C=O) groups excluding carboxylic acids is 1. The third kappa shape index (κ3) is 5.56. The molecule has 136 valence electrons. The second-order valence-electron chi connectivity index (χ2n) is 7.31. The van der Waals surface area contributed by atoms with E-state index in [0.717, 1.165) is 57.2 Å². The predicted octanol–water partition coefficient (Wildman–Crippen LogP) is 2.88. The second-order valence-corrected chi connectivity index (χ2v) is 7.31. The van der Waals surface area contributed by atoms with E-state index >= 15 is 0 Å². The number of para-hydroxylation sites is 1. The van der Waals surface area contributed by atoms with Crippen LogP contribution in [0.4, 0.5) is 5.69 Å². The minimum atomic E-state index is 0.0385. The summed E-state index contributed by atoms with van der Waals surface area (Å²) in [6.07, 6.45) is 4.98. The summed E-state index contributed by atoms with van der Waals surface area (Å²) in [5, 5.41) is 4.32. The maximum absolute atomic E-state index is 12.0. The Kier molecular flexibility index (Phi) is 6.45. The lowest BCUT2D eigenvalue weighted by atomic mass is 9.90. The quantitative estimate of drug-likeness (QED) is 0.837. The monoisotopic (exact) mass is 342 g/mol. The Morgan fingerprint density at radius 3 is 2.48 bits per heavy atom. The molecule has 1 amide bonds. The highest BCUT2D eigenvalue weighted by Crippen LogP contribution is 2.21. The molecule has 5 nitrogen and oxygen atoms in total. The highest BCUT2D eigenvalue weighted by atomic mass is 16.2. The van der Waals surface area contributed by atoms with Gasteiger partial charge in [-0.15, -0.1) is 0 Å². The van der Waals surface area contributed by atoms with E-state index in [1.54, 1.807) is 0 Å². The zero-order chi connectivity index (χ0) is 17.5. The van der Waals surface area contributed by atoms with Gasteiger partial charge in [0.05, 0.1) is 0 Å². The van der Waals surface area contributed by atoms with Crippen LogP contribution in [0.2, 0.25) is 0 Å². The van der Waals surface area contributed by atoms with Crippen LogP contribution in [0.3, 0.4) is 0 Å². The van der Waals surface area contributed by atoms with Gasteiger partial charge in [-0.3, -0.25) is 9.69 Å². The summed E-state index contributed by atoms with van der Waals surface area (Å²) in [6.45, 7) is 7.16. The molecule has 0 unspecified atom stereocenters. The molecule has 2 fully saturated rings. The third-order valence-electron chi connectivity index (χ3n) is 5.34. The number of anilines is 1. The fourth-order valence-corrected chi connectivity index (χ4v) is 3.53. The zero-order valence-electron chi connectivity index (χ0n) is 15.3. The Morgan fingerprint density at radius 1 is 1.12 bits per heavy atom. The number of benzene rings is 1. The molecule has 1 heterocycles. The predicted molar refractivity (Wildman–Crippen MR) is 103 cm³/mol. The van der Waals surface area contributed by atoms with E-state index in [0.29, 0.717) is 6.42 Å². The summed E-state index contributed by atoms with van der Waals surface area (Å²) in [5.41, 5.74) is 5.20. The molecule has 1 aliphatic carbocycles. The van der Waals surface area contributed by atoms with Gasteiger partial charge in [-0.2, -0.15) is 5.10 Å². The number of carbonyl (C=O) groups is 1. The minimum Gasteiger partial charge on any atom is -0.369 e. The van der Waals surface area contributed by atoms with Gasteiger partial charge in [-0.1, -0.05) is 25.1 Å². The summed E-state index contributed by atoms with van der Waals surface area (Å²) in [4.78, 5) is 16.8. The molecule has 2 aliphatic rings. The van der Waals surface area contributed by atoms with E-state index in [4.69, 9.17) is 0 Å². The molecule has 1 N–H and O–H groups in total. The number of amides is 1. The van der Waals surface area contributed by atoms with Crippen molar-refractivity contribution in [1.29, 1.82) is 0 Å². The van der Waals surface area contributed by atoms with Crippen LogP contribution in [-0.2, 0) is 4.79 Å². The van der Waals surface area contributed by atoms with Gasteiger partial charge in [0.15, 0.2) is 0 Å². The summed E-state index contributed by atoms with van der Waals surface area (Å²) in [5.74, 6) is 0.834. The van der Waals surface area contributed by atoms with Crippen LogP contribution in [0, 0.1) is 5.92 Å². The van der Waals surface area contributed by atoms with Gasteiger partial charge in [0.2, 0.25) is 5.91 Å². The summed E-state index contributed by atoms with van der Waals surface area (Å²) in [6, 6.07) is 10.5. The van der Waals surface area contributed by atoms with E-state index in [1.807, 2.05) is 0 Å². The number of rotatable bonds is 5. The molecule has 1 aromatic carbocycles. The lowest BCUT2D eigenvalue weighted by Gasteiger charge is -2.36. The van der Waals surface area contributed by atoms with Gasteiger partial charge in [-0.25, -0.2) is 5.43 Å². The maximum atomic E-state index is 12.0. The van der Waals surface area contributed by atoms with Gasteiger partial charge in [0.1, 0.15) is 0 Å². The molecule has 0 aromatic heterocycles. The van der Waals surface area contributed by atoms with E-state index < -0.39 is 0 Å². The van der Waals surface area contributed by atoms with Gasteiger partial charge in [0.25, 0.3) is 0 Å². The lowest BCUT2D eigenvalue weighted by molar-refractivity contribution is -0.121. The first-order chi connectivity index (χ1) is 12.2. The fourth-order valence-electron chi connectivity index (χ4n) is 3.53. The van der Waals surface area contributed by atoms with Crippen LogP contribution in [0.5, 0.6) is 0 Å². The molecule has 0 bridgehead atoms. The molecule has 0 radical (unpaired) electrons. The summed E-state index contributed by atoms with van der Waals surface area (Å²) in [7, 11) is 0. The Balaban J connectivity index is 1.34. The molecular weight excluding hydrogens is 312 g/mol. The van der Waals surface area contributed by atoms with E-state index in [1.165, 1.54) is 18.5 Å². The van der Waals surface area contributed by atoms with E-state index in [-0.39, 0.29) is 5.91 Å². The number of nitrogens with one attached hydrogen (secondary N) is 1. The fraction of sp³-hybridized carbons (Fsp3) is 0.600. The maximum Gasteiger partial charge on any atom is 0.241 e. The van der Waals surface area contributed by atoms with Crippen LogP contribution in [0.25, 0.3) is 0 Å². The molecule has 1 aliphatic heterocycles. The number of hydrogen-bond donors (Lipinski definition) is 1. The molecule has 1 aromatic rings. The summed E-state index contributed by atoms with van der Waals surface area (Å²) < 4.78 is 0. The van der Waals surface area contributed by atoms with Gasteiger partial charge < -0.3 is 4.90 Å². The van der Waals surface area contributed by atoms with Gasteiger partial charge in [-0.05, 0) is 43.7 Å². The minimum absolute atomic E-state index is 0.0385. The molecule has 25 heavy (non-hydrogen) atoms. The van der Waals surface area contributed by atoms with Crippen molar-refractivity contribution in [2.24, 2.45) is 11.0 Å². The van der Waals surface area contributed by atoms with Crippen LogP contribution in [0.1, 0.15) is 39.0 Å². The Morgan fingerprint density at radius 2 is 1.80 bits per heavy atom. The average molecular weight is 342 g/mol. The Hall–Kier alpha value is -1.88. The largest absolute Gasteiger partial charge is 0.369 e. The zero-order valence-corrected chi connectivity index (χ0v) is 15.3. The van der Waals surface area contributed by atoms with Crippen molar-refractivity contribution in [3.05, 3.63) is 30.3 Å². The van der Waals surface area contributed by atoms with Crippen molar-refractivity contribution < 1.29 is 4.79 Å². The topological polar surface area (TPSA) is 47.9 Å². The first kappa shape index (κ1) is 17.9. The van der Waals surface area contributed by atoms with Crippen molar-refractivity contribution in [2.75, 3.05) is 37.6 Å². The van der Waals surface area contributed by atoms with Crippen molar-refractivity contribution in [1.82, 2.24) is 10.3 Å². The number of hydrazone groups is 1. The normalized spacial score (nSPS) is 21.9. The number of piperazine rings is 1. The van der Waals surface area contributed by atoms with Crippen LogP contribution in [-0.4, -0.2) is 49.2 Å². The molecular formula is C20H30N4O. The molecule has 1 saturated heterocycles. The molecule has 0 atom stereocenters. The third-order valence-corrected chi connectivity index (χ3v) is 5.34. The Labute approximate surface area is 151 Å². The van der Waals surface area contributed by atoms with Crippen molar-refractivity contribution in [3.63, 3.8) is 0 Å². The molecule has 3 rings (SSSR count). The van der Waals surface area contributed by atoms with Crippen LogP contribution < -0.4 is 10.3 Å². The molecule has 5 heteroatoms. The van der Waals surface area contributed by atoms with Crippen LogP contribution >= 0.6 is 0 Å². The van der Waals surface area contributed by atoms with Crippen molar-refractivity contribution >= 4 is 17.3 Å². The van der Waals surface area contributed by atoms with Gasteiger partial charge in [0, 0.05) is 50.5 Å². The number of nitrogens with zero attached hydrogens (tertiary/aromatic N) is 3. The van der Waals surface area contributed by atoms with Gasteiger partial charge >= 0.3 is 0 Å². The highest BCUT2D eigenvalue weighted by molar-refractivity contribution is 5.86. The second kappa shape index (κ2) is 8.99. The first-order valence-corrected chi connectivity index (χ1v) is 9.57. The lowest BCUT2D eigenvalue weighted by Crippen LogP contribution is -2.47. The molecule has 1 saturated carbocycles. The average Bonchev–Trinajstić information content (AvgIpc) is 2.67. The first-order valence-electron chi connectivity index (χ1n) is 9.57. The SMILES string of the molecule is CC1CCC(=NNC(=O)CCN2CCN(c3ccccc3)CC2)CC1. The molecule has 0 spiro atoms. The standard InChI is InChI=1S/C20H30N4O/c1-17-7-9-18(10-8-17)21-22-20(25)11-12-23-13-15-24(16-14-23)19-5-3-2-4-6-19/h2-6,17H,7-16H2,1H3,(H,22,25). The van der Waals surface area contributed by atoms with E-state index in [2.05, 4.69) is 57.6 Å². The smallest absolute Gasteiger partial charge is 0.241 e. The highest BCUT2D eigenvalue weighted by Gasteiger charge is 2.18.